The van der Waals surface area contributed by atoms with Gasteiger partial charge in [0, 0.05) is 23.6 Å². The highest BCUT2D eigenvalue weighted by Crippen LogP contribution is 2.46. The smallest absolute Gasteiger partial charge is 0.340 e. The molecule has 2 aromatic carbocycles. The van der Waals surface area contributed by atoms with E-state index in [0.29, 0.717) is 0 Å². The lowest BCUT2D eigenvalue weighted by Crippen LogP contribution is -2.18. The number of aromatic hydroxyl groups is 3. The molecule has 0 saturated carbocycles. The maximum absolute atomic E-state index is 12.1. The second-order valence-electron chi connectivity index (χ2n) is 5.47. The number of carbonyl (C=O) groups is 4. The minimum absolute atomic E-state index is 0.199. The number of fused-ring (bicyclic) bond motifs is 2. The molecule has 5 N–H and O–H groups in total. The molecule has 0 aliphatic heterocycles. The number of carbonyl (C=O) groups excluding carboxylic acids is 2. The first-order valence-corrected chi connectivity index (χ1v) is 6.97. The van der Waals surface area contributed by atoms with Crippen LogP contribution in [-0.2, 0) is 0 Å². The van der Waals surface area contributed by atoms with Gasteiger partial charge in [-0.15, -0.1) is 0 Å². The summed E-state index contributed by atoms with van der Waals surface area (Å²) < 4.78 is 0. The van der Waals surface area contributed by atoms with Crippen molar-refractivity contribution in [2.75, 3.05) is 0 Å². The second kappa shape index (κ2) is 5.20. The van der Waals surface area contributed by atoms with Gasteiger partial charge in [0.05, 0.1) is 16.7 Å². The molecule has 9 nitrogen and oxygen atoms in total. The Morgan fingerprint density at radius 3 is 1.76 bits per heavy atom. The summed E-state index contributed by atoms with van der Waals surface area (Å²) >= 11 is 0. The molecule has 9 heteroatoms. The number of Topliss-reactive ketones (excluding diaryl/α,β-unsaturated/α-hetero) is 2. The molecule has 0 spiro atoms. The number of ketones is 2. The number of hydrogen-bond acceptors (Lipinski definition) is 7. The monoisotopic (exact) mass is 346 g/mol. The lowest BCUT2D eigenvalue weighted by molar-refractivity contribution is 0.0650. The van der Waals surface area contributed by atoms with Crippen molar-refractivity contribution < 1.29 is 44.7 Å². The summed E-state index contributed by atoms with van der Waals surface area (Å²) in [4.78, 5) is 47.0. The lowest BCUT2D eigenvalue weighted by Gasteiger charge is -2.20. The molecule has 1 aliphatic rings. The maximum Gasteiger partial charge on any atom is 0.340 e. The minimum Gasteiger partial charge on any atom is -0.507 e. The third-order valence-electron chi connectivity index (χ3n) is 4.09. The first kappa shape index (κ1) is 16.2. The van der Waals surface area contributed by atoms with Crippen LogP contribution in [-0.4, -0.2) is 49.0 Å². The first-order chi connectivity index (χ1) is 11.7. The fraction of sp³-hybridized carbons (Fsp3) is 0.125. The van der Waals surface area contributed by atoms with Crippen LogP contribution in [0.15, 0.2) is 6.07 Å². The fourth-order valence-corrected chi connectivity index (χ4v) is 3.05. The number of phenols is 3. The van der Waals surface area contributed by atoms with Crippen LogP contribution in [0.4, 0.5) is 0 Å². The molecule has 0 saturated heterocycles. The zero-order chi connectivity index (χ0) is 18.6. The van der Waals surface area contributed by atoms with Crippen LogP contribution >= 0.6 is 0 Å². The summed E-state index contributed by atoms with van der Waals surface area (Å²) in [6.45, 7) is 0. The normalized spacial score (nSPS) is 13.8. The third kappa shape index (κ3) is 2.09. The van der Waals surface area contributed by atoms with Gasteiger partial charge in [-0.2, -0.15) is 0 Å². The van der Waals surface area contributed by atoms with Crippen LogP contribution in [0.3, 0.4) is 0 Å². The summed E-state index contributed by atoms with van der Waals surface area (Å²) in [5.74, 6) is -7.59. The molecule has 25 heavy (non-hydrogen) atoms. The Morgan fingerprint density at radius 2 is 1.28 bits per heavy atom. The highest BCUT2D eigenvalue weighted by Gasteiger charge is 2.35. The van der Waals surface area contributed by atoms with Crippen molar-refractivity contribution in [3.8, 4) is 17.2 Å². The van der Waals surface area contributed by atoms with Gasteiger partial charge in [-0.25, -0.2) is 9.59 Å². The van der Waals surface area contributed by atoms with E-state index in [2.05, 4.69) is 0 Å². The van der Waals surface area contributed by atoms with Gasteiger partial charge in [-0.05, 0) is 6.07 Å². The van der Waals surface area contributed by atoms with Crippen molar-refractivity contribution in [1.29, 1.82) is 0 Å². The molecule has 128 valence electrons. The zero-order valence-corrected chi connectivity index (χ0v) is 12.4. The molecule has 0 radical (unpaired) electrons. The Balaban J connectivity index is 2.65. The van der Waals surface area contributed by atoms with Gasteiger partial charge in [0.15, 0.2) is 11.6 Å². The predicted molar refractivity (Wildman–Crippen MR) is 80.8 cm³/mol. The van der Waals surface area contributed by atoms with Gasteiger partial charge < -0.3 is 25.5 Å². The number of hydrogen-bond donors (Lipinski definition) is 5. The molecule has 0 unspecified atom stereocenters. The van der Waals surface area contributed by atoms with E-state index < -0.39 is 73.8 Å². The topological polar surface area (TPSA) is 169 Å². The highest BCUT2D eigenvalue weighted by atomic mass is 16.4. The summed E-state index contributed by atoms with van der Waals surface area (Å²) in [7, 11) is 0. The Bertz CT molecular complexity index is 1020. The predicted octanol–water partition coefficient (Wildman–Crippen LogP) is 1.51. The van der Waals surface area contributed by atoms with Crippen LogP contribution in [0.1, 0.15) is 54.3 Å². The Hall–Kier alpha value is -3.62. The van der Waals surface area contributed by atoms with E-state index >= 15 is 0 Å². The van der Waals surface area contributed by atoms with Gasteiger partial charge in [0.25, 0.3) is 0 Å². The molecule has 1 aliphatic carbocycles. The quantitative estimate of drug-likeness (QED) is 0.506. The number of phenolic OH excluding ortho intramolecular Hbond substituents is 2. The van der Waals surface area contributed by atoms with Gasteiger partial charge >= 0.3 is 11.9 Å². The van der Waals surface area contributed by atoms with E-state index in [1.165, 1.54) is 0 Å². The first-order valence-electron chi connectivity index (χ1n) is 6.97. The molecule has 0 fully saturated rings. The van der Waals surface area contributed by atoms with Crippen LogP contribution in [0.25, 0.3) is 10.8 Å². The molecular weight excluding hydrogens is 336 g/mol. The summed E-state index contributed by atoms with van der Waals surface area (Å²) in [6, 6.07) is 0.729. The molecular formula is C16H10O9. The van der Waals surface area contributed by atoms with E-state index in [4.69, 9.17) is 5.11 Å². The van der Waals surface area contributed by atoms with Crippen LogP contribution in [0.2, 0.25) is 0 Å². The second-order valence-corrected chi connectivity index (χ2v) is 5.47. The SMILES string of the molecule is O=C1CCC(=O)c2c1c(O)c1cc(O)c(C(=O)O)c(C(=O)O)c1c2O. The highest BCUT2D eigenvalue weighted by molar-refractivity contribution is 6.24. The van der Waals surface area contributed by atoms with E-state index in [1.54, 1.807) is 0 Å². The zero-order valence-electron chi connectivity index (χ0n) is 12.4. The minimum atomic E-state index is -1.80. The standard InChI is InChI=1S/C16H10O9/c17-5-1-2-6(18)10-9(5)13(20)4-3-7(19)11(15(22)23)12(16(24)25)8(4)14(10)21/h3,19-21H,1-2H2,(H,22,23)(H,24,25). The van der Waals surface area contributed by atoms with Crippen LogP contribution in [0, 0.1) is 0 Å². The van der Waals surface area contributed by atoms with E-state index in [9.17, 15) is 39.6 Å². The Kier molecular flexibility index (Phi) is 3.38. The molecule has 0 heterocycles. The van der Waals surface area contributed by atoms with Crippen molar-refractivity contribution in [3.63, 3.8) is 0 Å². The van der Waals surface area contributed by atoms with E-state index in [1.807, 2.05) is 0 Å². The summed E-state index contributed by atoms with van der Waals surface area (Å²) in [5.41, 5.74) is -3.03. The third-order valence-corrected chi connectivity index (χ3v) is 4.09. The number of aromatic carboxylic acids is 2. The molecule has 0 atom stereocenters. The molecule has 0 bridgehead atoms. The van der Waals surface area contributed by atoms with E-state index in [0.717, 1.165) is 6.07 Å². The Labute approximate surface area is 138 Å². The number of carboxylic acids is 2. The van der Waals surface area contributed by atoms with Gasteiger partial charge in [-0.1, -0.05) is 0 Å². The lowest BCUT2D eigenvalue weighted by atomic mass is 9.83. The van der Waals surface area contributed by atoms with Gasteiger partial charge in [-0.3, -0.25) is 9.59 Å². The maximum atomic E-state index is 12.1. The van der Waals surface area contributed by atoms with Crippen molar-refractivity contribution in [1.82, 2.24) is 0 Å². The van der Waals surface area contributed by atoms with Crippen molar-refractivity contribution in [2.24, 2.45) is 0 Å². The average Bonchev–Trinajstić information content (AvgIpc) is 2.52. The van der Waals surface area contributed by atoms with Crippen LogP contribution < -0.4 is 0 Å². The van der Waals surface area contributed by atoms with Crippen molar-refractivity contribution >= 4 is 34.3 Å². The molecule has 3 rings (SSSR count). The van der Waals surface area contributed by atoms with Crippen molar-refractivity contribution in [3.05, 3.63) is 28.3 Å². The summed E-state index contributed by atoms with van der Waals surface area (Å²) in [6.07, 6.45) is -0.439. The van der Waals surface area contributed by atoms with E-state index in [-0.39, 0.29) is 12.8 Å². The van der Waals surface area contributed by atoms with Gasteiger partial charge in [0.2, 0.25) is 0 Å². The van der Waals surface area contributed by atoms with Gasteiger partial charge in [0.1, 0.15) is 22.8 Å². The number of benzene rings is 2. The Morgan fingerprint density at radius 1 is 0.800 bits per heavy atom. The number of rotatable bonds is 2. The average molecular weight is 346 g/mol. The largest absolute Gasteiger partial charge is 0.507 e. The number of carboxylic acid groups (broad SMARTS) is 2. The summed E-state index contributed by atoms with van der Waals surface area (Å²) in [5, 5.41) is 48.0. The van der Waals surface area contributed by atoms with Crippen molar-refractivity contribution in [2.45, 2.75) is 12.8 Å². The molecule has 0 amide bonds. The molecule has 0 aromatic heterocycles. The molecule has 2 aromatic rings. The fourth-order valence-electron chi connectivity index (χ4n) is 3.05. The van der Waals surface area contributed by atoms with Crippen LogP contribution in [0.5, 0.6) is 17.2 Å².